The highest BCUT2D eigenvalue weighted by molar-refractivity contribution is 5.99. The number of amides is 4. The third-order valence-corrected chi connectivity index (χ3v) is 11.0. The number of rotatable bonds is 12. The van der Waals surface area contributed by atoms with Gasteiger partial charge in [0.25, 0.3) is 11.4 Å². The van der Waals surface area contributed by atoms with Crippen molar-refractivity contribution in [1.29, 1.82) is 0 Å². The van der Waals surface area contributed by atoms with Gasteiger partial charge in [-0.3, -0.25) is 39.4 Å². The van der Waals surface area contributed by atoms with E-state index >= 15 is 8.78 Å². The molecule has 16 nitrogen and oxygen atoms in total. The molecule has 0 spiro atoms. The number of hydrogen-bond acceptors (Lipinski definition) is 8. The van der Waals surface area contributed by atoms with Crippen LogP contribution in [0, 0.1) is 43.7 Å². The summed E-state index contributed by atoms with van der Waals surface area (Å²) in [6, 6.07) is 22.3. The Bertz CT molecular complexity index is 2120. The van der Waals surface area contributed by atoms with Crippen molar-refractivity contribution in [3.63, 3.8) is 0 Å². The van der Waals surface area contributed by atoms with Crippen LogP contribution in [0.5, 0.6) is 0 Å². The second-order valence-electron chi connectivity index (χ2n) is 16.0. The Morgan fingerprint density at radius 1 is 0.645 bits per heavy atom. The monoisotopic (exact) mass is 862 g/mol. The summed E-state index contributed by atoms with van der Waals surface area (Å²) in [4.78, 5) is 77.0. The molecule has 332 valence electrons. The molecular formula is C44H52F2N6O10. The van der Waals surface area contributed by atoms with Gasteiger partial charge in [0.15, 0.2) is 0 Å². The number of likely N-dealkylation sites (N-methyl/N-ethyl adjacent to an activating group) is 2. The van der Waals surface area contributed by atoms with Gasteiger partial charge in [-0.1, -0.05) is 88.4 Å². The van der Waals surface area contributed by atoms with Crippen LogP contribution in [0.1, 0.15) is 74.9 Å². The Kier molecular flexibility index (Phi) is 16.2. The smallest absolute Gasteiger partial charge is 0.269 e. The molecule has 2 aliphatic rings. The number of carbonyl (C=O) groups excluding carboxylic acids is 4. The fourth-order valence-electron chi connectivity index (χ4n) is 8.14. The molecule has 0 radical (unpaired) electrons. The van der Waals surface area contributed by atoms with Crippen molar-refractivity contribution in [2.45, 2.75) is 63.5 Å². The summed E-state index contributed by atoms with van der Waals surface area (Å²) >= 11 is 0. The Hall–Kier alpha value is -6.66. The number of carbonyl (C=O) groups is 4. The number of nitrogens with one attached hydrogen (secondary N) is 2. The third kappa shape index (κ3) is 9.61. The Labute approximate surface area is 357 Å². The van der Waals surface area contributed by atoms with E-state index in [1.807, 2.05) is 27.7 Å². The predicted octanol–water partition coefficient (Wildman–Crippen LogP) is 5.05. The van der Waals surface area contributed by atoms with Gasteiger partial charge in [0, 0.05) is 75.4 Å². The van der Waals surface area contributed by atoms with Gasteiger partial charge in [0.1, 0.15) is 22.5 Å². The van der Waals surface area contributed by atoms with E-state index in [-0.39, 0.29) is 69.9 Å². The Balaban J connectivity index is 0.000000320. The number of nitro groups is 2. The number of non-ortho nitro benzene ring substituents is 2. The van der Waals surface area contributed by atoms with Crippen LogP contribution in [0.2, 0.25) is 0 Å². The lowest BCUT2D eigenvalue weighted by Crippen LogP contribution is -2.49. The zero-order valence-corrected chi connectivity index (χ0v) is 35.2. The van der Waals surface area contributed by atoms with Crippen LogP contribution in [0.25, 0.3) is 0 Å². The molecule has 4 aromatic rings. The number of nitro benzene ring substituents is 2. The van der Waals surface area contributed by atoms with E-state index in [4.69, 9.17) is 0 Å². The molecule has 0 aromatic heterocycles. The van der Waals surface area contributed by atoms with Crippen LogP contribution in [0.15, 0.2) is 97.1 Å². The lowest BCUT2D eigenvalue weighted by molar-refractivity contribution is -0.385. The predicted molar refractivity (Wildman–Crippen MR) is 226 cm³/mol. The molecule has 0 saturated carbocycles. The number of likely N-dealkylation sites (tertiary alicyclic amines) is 2. The molecule has 0 aliphatic carbocycles. The summed E-state index contributed by atoms with van der Waals surface area (Å²) in [6.45, 7) is 8.33. The summed E-state index contributed by atoms with van der Waals surface area (Å²) in [7, 11) is 3.12. The maximum absolute atomic E-state index is 15.1. The highest BCUT2D eigenvalue weighted by Crippen LogP contribution is 2.52. The molecule has 2 heterocycles. The highest BCUT2D eigenvalue weighted by atomic mass is 19.1. The van der Waals surface area contributed by atoms with E-state index in [0.717, 1.165) is 36.4 Å². The van der Waals surface area contributed by atoms with E-state index in [0.29, 0.717) is 24.2 Å². The van der Waals surface area contributed by atoms with Crippen molar-refractivity contribution in [1.82, 2.24) is 20.4 Å². The molecule has 2 aliphatic heterocycles. The zero-order valence-electron chi connectivity index (χ0n) is 35.2. The quantitative estimate of drug-likeness (QED) is 0.144. The lowest BCUT2D eigenvalue weighted by atomic mass is 9.70. The zero-order chi connectivity index (χ0) is 44.1. The van der Waals surface area contributed by atoms with Gasteiger partial charge in [-0.05, 0) is 35.1 Å². The number of benzene rings is 4. The van der Waals surface area contributed by atoms with Crippen LogP contribution >= 0.6 is 0 Å². The fourth-order valence-corrected chi connectivity index (χ4v) is 8.14. The minimum Gasteiger partial charge on any atom is -0.412 e. The number of halogens is 2. The van der Waals surface area contributed by atoms with E-state index in [2.05, 4.69) is 10.6 Å². The minimum absolute atomic E-state index is 0. The molecule has 62 heavy (non-hydrogen) atoms. The molecule has 6 rings (SSSR count). The summed E-state index contributed by atoms with van der Waals surface area (Å²) in [5.41, 5.74) is -2.95. The van der Waals surface area contributed by atoms with Crippen LogP contribution < -0.4 is 10.6 Å². The van der Waals surface area contributed by atoms with Crippen molar-refractivity contribution in [3.05, 3.63) is 151 Å². The summed E-state index contributed by atoms with van der Waals surface area (Å²) in [5.74, 6) is -2.99. The fraction of sp³-hybridized carbons (Fsp3) is 0.364. The van der Waals surface area contributed by atoms with Crippen molar-refractivity contribution in [2.75, 3.05) is 27.2 Å². The van der Waals surface area contributed by atoms with Crippen LogP contribution in [0.3, 0.4) is 0 Å². The van der Waals surface area contributed by atoms with Crippen molar-refractivity contribution < 1.29 is 48.8 Å². The van der Waals surface area contributed by atoms with E-state index in [1.165, 1.54) is 9.80 Å². The van der Waals surface area contributed by atoms with E-state index < -0.39 is 56.2 Å². The van der Waals surface area contributed by atoms with Crippen LogP contribution in [-0.2, 0) is 30.0 Å². The first kappa shape index (κ1) is 49.7. The molecule has 0 unspecified atom stereocenters. The lowest BCUT2D eigenvalue weighted by Gasteiger charge is -2.36. The van der Waals surface area contributed by atoms with Crippen LogP contribution in [0.4, 0.5) is 20.2 Å². The van der Waals surface area contributed by atoms with Gasteiger partial charge >= 0.3 is 0 Å². The Morgan fingerprint density at radius 2 is 0.968 bits per heavy atom. The molecule has 6 N–H and O–H groups in total. The molecule has 2 saturated heterocycles. The van der Waals surface area contributed by atoms with Gasteiger partial charge in [0.05, 0.1) is 21.9 Å². The average Bonchev–Trinajstić information content (AvgIpc) is 3.65. The first-order chi connectivity index (χ1) is 28.4. The third-order valence-electron chi connectivity index (χ3n) is 11.0. The first-order valence-corrected chi connectivity index (χ1v) is 19.4. The molecule has 18 heteroatoms. The average molecular weight is 863 g/mol. The molecule has 2 fully saturated rings. The van der Waals surface area contributed by atoms with Gasteiger partial charge < -0.3 is 31.4 Å². The van der Waals surface area contributed by atoms with Crippen molar-refractivity contribution in [2.24, 2.45) is 11.8 Å². The van der Waals surface area contributed by atoms with Gasteiger partial charge in [-0.2, -0.15) is 0 Å². The SMILES string of the molecule is CC(C)CNC(=O)[C@@]1(c2cc([N+](=O)[O-])ccc2F)CC(=O)N(C)[C@@H]1c1ccccc1.CC(C)CNC(=O)[C@]1(c2cc([N+](=O)[O-])ccc2F)CC(=O)N(C)[C@H]1c1ccccc1.O.O. The van der Waals surface area contributed by atoms with Gasteiger partial charge in [0.2, 0.25) is 23.6 Å². The maximum Gasteiger partial charge on any atom is 0.269 e. The minimum atomic E-state index is -1.64. The largest absolute Gasteiger partial charge is 0.412 e. The Morgan fingerprint density at radius 3 is 1.26 bits per heavy atom. The first-order valence-electron chi connectivity index (χ1n) is 19.4. The highest BCUT2D eigenvalue weighted by Gasteiger charge is 2.60. The summed E-state index contributed by atoms with van der Waals surface area (Å²) in [5, 5.41) is 28.4. The molecule has 0 bridgehead atoms. The van der Waals surface area contributed by atoms with Crippen LogP contribution in [-0.4, -0.2) is 81.4 Å². The number of hydrogen-bond donors (Lipinski definition) is 2. The summed E-state index contributed by atoms with van der Waals surface area (Å²) in [6.07, 6.45) is -0.573. The second kappa shape index (κ2) is 20.3. The van der Waals surface area contributed by atoms with E-state index in [9.17, 15) is 39.4 Å². The van der Waals surface area contributed by atoms with Crippen molar-refractivity contribution in [3.8, 4) is 0 Å². The summed E-state index contributed by atoms with van der Waals surface area (Å²) < 4.78 is 30.2. The van der Waals surface area contributed by atoms with Gasteiger partial charge in [-0.25, -0.2) is 8.78 Å². The van der Waals surface area contributed by atoms with E-state index in [1.54, 1.807) is 74.8 Å². The molecule has 4 atom stereocenters. The molecule has 4 amide bonds. The molecule has 4 aromatic carbocycles. The second-order valence-corrected chi connectivity index (χ2v) is 16.0. The normalized spacial score (nSPS) is 20.5. The standard InChI is InChI=1S/2C22H24FN3O4.2H2O/c2*1-14(2)13-24-21(28)22(17-11-16(26(29)30)9-10-18(17)23)12-19(27)25(3)20(22)15-7-5-4-6-8-15;;/h2*4-11,14,20H,12-13H2,1-3H3,(H,24,28);2*1H2/t2*20-,22-;;/m10../s1. The van der Waals surface area contributed by atoms with Crippen molar-refractivity contribution >= 4 is 35.0 Å². The maximum atomic E-state index is 15.1. The molecular weight excluding hydrogens is 811 g/mol. The topological polar surface area (TPSA) is 248 Å². The number of nitrogens with zero attached hydrogens (tertiary/aromatic N) is 4. The van der Waals surface area contributed by atoms with Gasteiger partial charge in [-0.15, -0.1) is 0 Å².